The number of hydrogen-bond donors (Lipinski definition) is 0. The third kappa shape index (κ3) is 3.95. The first-order chi connectivity index (χ1) is 10.9. The molecule has 0 spiro atoms. The molecule has 2 aromatic carbocycles. The summed E-state index contributed by atoms with van der Waals surface area (Å²) in [6, 6.07) is 19.5. The fourth-order valence-corrected chi connectivity index (χ4v) is 2.31. The lowest BCUT2D eigenvalue weighted by Crippen LogP contribution is -1.95. The van der Waals surface area contributed by atoms with E-state index < -0.39 is 0 Å². The lowest BCUT2D eigenvalue weighted by molar-refractivity contribution is 0.649. The molecular weight excluding hydrogens is 272 g/mol. The molecule has 1 aliphatic carbocycles. The van der Waals surface area contributed by atoms with Crippen molar-refractivity contribution in [3.63, 3.8) is 0 Å². The van der Waals surface area contributed by atoms with Crippen LogP contribution in [-0.2, 0) is 0 Å². The molecule has 0 saturated carbocycles. The third-order valence-corrected chi connectivity index (χ3v) is 3.50. The number of nitrogens with zero attached hydrogens (tertiary/aromatic N) is 4. The smallest absolute Gasteiger partial charge is 0.0863 e. The van der Waals surface area contributed by atoms with Gasteiger partial charge in [0.05, 0.1) is 22.8 Å². The van der Waals surface area contributed by atoms with Crippen LogP contribution in [0.3, 0.4) is 0 Å². The maximum absolute atomic E-state index is 4.40. The Morgan fingerprint density at radius 2 is 0.909 bits per heavy atom. The van der Waals surface area contributed by atoms with Gasteiger partial charge in [0.25, 0.3) is 0 Å². The van der Waals surface area contributed by atoms with Crippen LogP contribution in [0.2, 0.25) is 0 Å². The Bertz CT molecular complexity index is 626. The SMILES string of the molecule is c1ccc(N=NC2=C(N=Nc3ccccc3)CCCC2)cc1. The molecule has 0 atom stereocenters. The molecule has 0 bridgehead atoms. The van der Waals surface area contributed by atoms with E-state index in [2.05, 4.69) is 20.5 Å². The van der Waals surface area contributed by atoms with E-state index in [1.807, 2.05) is 60.7 Å². The van der Waals surface area contributed by atoms with Crippen LogP contribution in [0.4, 0.5) is 11.4 Å². The highest BCUT2D eigenvalue weighted by molar-refractivity contribution is 5.36. The molecule has 0 aliphatic heterocycles. The van der Waals surface area contributed by atoms with Crippen LogP contribution in [0.25, 0.3) is 0 Å². The molecule has 3 rings (SSSR count). The van der Waals surface area contributed by atoms with Gasteiger partial charge >= 0.3 is 0 Å². The summed E-state index contributed by atoms with van der Waals surface area (Å²) in [6.07, 6.45) is 4.10. The molecule has 0 aromatic heterocycles. The molecule has 0 N–H and O–H groups in total. The Hall–Kier alpha value is -2.62. The quantitative estimate of drug-likeness (QED) is 0.590. The van der Waals surface area contributed by atoms with Gasteiger partial charge in [0.15, 0.2) is 0 Å². The minimum atomic E-state index is 0.861. The van der Waals surface area contributed by atoms with Gasteiger partial charge < -0.3 is 0 Å². The number of rotatable bonds is 4. The highest BCUT2D eigenvalue weighted by atomic mass is 15.2. The predicted octanol–water partition coefficient (Wildman–Crippen LogP) is 6.34. The Balaban J connectivity index is 1.80. The largest absolute Gasteiger partial charge is 0.153 e. The van der Waals surface area contributed by atoms with Gasteiger partial charge in [-0.05, 0) is 49.9 Å². The van der Waals surface area contributed by atoms with Gasteiger partial charge in [0.2, 0.25) is 0 Å². The zero-order chi connectivity index (χ0) is 15.0. The van der Waals surface area contributed by atoms with E-state index in [0.717, 1.165) is 48.5 Å². The van der Waals surface area contributed by atoms with E-state index in [-0.39, 0.29) is 0 Å². The first kappa shape index (κ1) is 14.3. The van der Waals surface area contributed by atoms with Crippen LogP contribution in [0.5, 0.6) is 0 Å². The second-order valence-corrected chi connectivity index (χ2v) is 5.17. The summed E-state index contributed by atoms with van der Waals surface area (Å²) in [4.78, 5) is 0. The summed E-state index contributed by atoms with van der Waals surface area (Å²) >= 11 is 0. The Labute approximate surface area is 130 Å². The van der Waals surface area contributed by atoms with E-state index in [0.29, 0.717) is 0 Å². The van der Waals surface area contributed by atoms with Gasteiger partial charge in [-0.25, -0.2) is 0 Å². The summed E-state index contributed by atoms with van der Waals surface area (Å²) in [5.74, 6) is 0. The first-order valence-corrected chi connectivity index (χ1v) is 7.57. The second kappa shape index (κ2) is 7.41. The van der Waals surface area contributed by atoms with Gasteiger partial charge in [0, 0.05) is 0 Å². The lowest BCUT2D eigenvalue weighted by Gasteiger charge is -2.11. The van der Waals surface area contributed by atoms with Crippen LogP contribution in [0.15, 0.2) is 92.5 Å². The van der Waals surface area contributed by atoms with Crippen molar-refractivity contribution in [3.8, 4) is 0 Å². The molecule has 2 aromatic rings. The zero-order valence-electron chi connectivity index (χ0n) is 12.4. The van der Waals surface area contributed by atoms with Gasteiger partial charge in [0.1, 0.15) is 0 Å². The maximum Gasteiger partial charge on any atom is 0.0863 e. The van der Waals surface area contributed by atoms with Crippen LogP contribution < -0.4 is 0 Å². The van der Waals surface area contributed by atoms with Crippen molar-refractivity contribution in [2.75, 3.05) is 0 Å². The molecule has 0 amide bonds. The monoisotopic (exact) mass is 290 g/mol. The summed E-state index contributed by atoms with van der Waals surface area (Å²) in [5, 5.41) is 17.4. The van der Waals surface area contributed by atoms with Crippen LogP contribution in [0.1, 0.15) is 25.7 Å². The van der Waals surface area contributed by atoms with Crippen molar-refractivity contribution in [2.45, 2.75) is 25.7 Å². The first-order valence-electron chi connectivity index (χ1n) is 7.57. The highest BCUT2D eigenvalue weighted by Gasteiger charge is 2.12. The Kier molecular flexibility index (Phi) is 4.82. The molecule has 4 nitrogen and oxygen atoms in total. The average molecular weight is 290 g/mol. The highest BCUT2D eigenvalue weighted by Crippen LogP contribution is 2.29. The zero-order valence-corrected chi connectivity index (χ0v) is 12.4. The molecule has 0 fully saturated rings. The molecule has 0 unspecified atom stereocenters. The standard InChI is InChI=1S/C18H18N4/c1-3-9-15(10-4-1)19-21-17-13-7-8-14-18(17)22-20-16-11-5-2-6-12-16/h1-6,9-12H,7-8,13-14H2. The average Bonchev–Trinajstić information content (AvgIpc) is 2.61. The summed E-state index contributed by atoms with van der Waals surface area (Å²) in [5.41, 5.74) is 3.63. The molecule has 0 radical (unpaired) electrons. The van der Waals surface area contributed by atoms with Crippen LogP contribution in [-0.4, -0.2) is 0 Å². The third-order valence-electron chi connectivity index (χ3n) is 3.50. The molecule has 0 saturated heterocycles. The van der Waals surface area contributed by atoms with Crippen molar-refractivity contribution >= 4 is 11.4 Å². The van der Waals surface area contributed by atoms with Gasteiger partial charge in [-0.1, -0.05) is 36.4 Å². The Morgan fingerprint density at radius 1 is 0.500 bits per heavy atom. The van der Waals surface area contributed by atoms with E-state index in [1.54, 1.807) is 0 Å². The van der Waals surface area contributed by atoms with Crippen LogP contribution in [0, 0.1) is 0 Å². The molecule has 0 heterocycles. The molecule has 4 heteroatoms. The molecule has 22 heavy (non-hydrogen) atoms. The molecule has 110 valence electrons. The fourth-order valence-electron chi connectivity index (χ4n) is 2.31. The minimum Gasteiger partial charge on any atom is -0.153 e. The topological polar surface area (TPSA) is 49.4 Å². The van der Waals surface area contributed by atoms with Crippen molar-refractivity contribution in [3.05, 3.63) is 72.1 Å². The predicted molar refractivity (Wildman–Crippen MR) is 87.4 cm³/mol. The number of azo groups is 2. The van der Waals surface area contributed by atoms with E-state index in [1.165, 1.54) is 0 Å². The number of benzene rings is 2. The van der Waals surface area contributed by atoms with E-state index in [9.17, 15) is 0 Å². The van der Waals surface area contributed by atoms with Crippen molar-refractivity contribution in [1.82, 2.24) is 0 Å². The number of hydrogen-bond acceptors (Lipinski definition) is 4. The lowest BCUT2D eigenvalue weighted by atomic mass is 10.0. The van der Waals surface area contributed by atoms with Gasteiger partial charge in [-0.2, -0.15) is 20.5 Å². The minimum absolute atomic E-state index is 0.861. The second-order valence-electron chi connectivity index (χ2n) is 5.17. The fraction of sp³-hybridized carbons (Fsp3) is 0.222. The molecule has 1 aliphatic rings. The van der Waals surface area contributed by atoms with E-state index in [4.69, 9.17) is 0 Å². The molecular formula is C18H18N4. The van der Waals surface area contributed by atoms with E-state index >= 15 is 0 Å². The summed E-state index contributed by atoms with van der Waals surface area (Å²) in [6.45, 7) is 0. The van der Waals surface area contributed by atoms with Crippen LogP contribution >= 0.6 is 0 Å². The maximum atomic E-state index is 4.40. The van der Waals surface area contributed by atoms with Crippen molar-refractivity contribution < 1.29 is 0 Å². The van der Waals surface area contributed by atoms with Crippen molar-refractivity contribution in [2.24, 2.45) is 20.5 Å². The summed E-state index contributed by atoms with van der Waals surface area (Å²) < 4.78 is 0. The normalized spacial score (nSPS) is 15.8. The number of allylic oxidation sites excluding steroid dienone is 2. The van der Waals surface area contributed by atoms with Crippen molar-refractivity contribution in [1.29, 1.82) is 0 Å². The van der Waals surface area contributed by atoms with Gasteiger partial charge in [-0.3, -0.25) is 0 Å². The van der Waals surface area contributed by atoms with Gasteiger partial charge in [-0.15, -0.1) is 0 Å². The summed E-state index contributed by atoms with van der Waals surface area (Å²) in [7, 11) is 0. The Morgan fingerprint density at radius 3 is 1.32 bits per heavy atom.